The molecule has 0 spiro atoms. The van der Waals surface area contributed by atoms with E-state index in [0.29, 0.717) is 18.2 Å². The van der Waals surface area contributed by atoms with E-state index in [9.17, 15) is 0 Å². The molecule has 2 heterocycles. The number of anilines is 1. The van der Waals surface area contributed by atoms with Gasteiger partial charge in [0.1, 0.15) is 28.8 Å². The maximum absolute atomic E-state index is 5.91. The van der Waals surface area contributed by atoms with Crippen molar-refractivity contribution in [1.29, 1.82) is 0 Å². The number of nitrogens with two attached hydrogens (primary N) is 1. The summed E-state index contributed by atoms with van der Waals surface area (Å²) in [5.74, 6) is 2.56. The Bertz CT molecular complexity index is 758. The third-order valence-electron chi connectivity index (χ3n) is 2.89. The van der Waals surface area contributed by atoms with Gasteiger partial charge >= 0.3 is 0 Å². The maximum Gasteiger partial charge on any atom is 0.169 e. The molecule has 0 amide bonds. The molecule has 0 saturated carbocycles. The summed E-state index contributed by atoms with van der Waals surface area (Å²) in [6.45, 7) is 2.84. The van der Waals surface area contributed by atoms with Crippen molar-refractivity contribution in [2.75, 3.05) is 12.3 Å². The quantitative estimate of drug-likeness (QED) is 0.783. The summed E-state index contributed by atoms with van der Waals surface area (Å²) in [7, 11) is 0. The van der Waals surface area contributed by atoms with Crippen molar-refractivity contribution < 1.29 is 9.47 Å². The summed E-state index contributed by atoms with van der Waals surface area (Å²) >= 11 is 1.54. The van der Waals surface area contributed by atoms with E-state index in [2.05, 4.69) is 9.97 Å². The van der Waals surface area contributed by atoms with E-state index in [4.69, 9.17) is 15.2 Å². The Kier molecular flexibility index (Phi) is 3.87. The number of thiophene rings is 1. The average Bonchev–Trinajstić information content (AvgIpc) is 2.95. The van der Waals surface area contributed by atoms with Crippen molar-refractivity contribution in [1.82, 2.24) is 9.97 Å². The molecular weight excluding hydrogens is 286 g/mol. The van der Waals surface area contributed by atoms with Gasteiger partial charge in [-0.1, -0.05) is 6.07 Å². The van der Waals surface area contributed by atoms with Crippen LogP contribution in [0.2, 0.25) is 0 Å². The van der Waals surface area contributed by atoms with E-state index in [1.807, 2.05) is 42.6 Å². The highest BCUT2D eigenvalue weighted by Gasteiger charge is 2.07. The second-order valence-electron chi connectivity index (χ2n) is 4.36. The SMILES string of the molecule is CCOc1cccc(OCc2nc(N)c3ccsc3n2)c1. The average molecular weight is 301 g/mol. The van der Waals surface area contributed by atoms with Gasteiger partial charge in [0.2, 0.25) is 0 Å². The Morgan fingerprint density at radius 1 is 1.14 bits per heavy atom. The molecule has 0 aliphatic carbocycles. The lowest BCUT2D eigenvalue weighted by atomic mass is 10.3. The third kappa shape index (κ3) is 3.05. The fourth-order valence-electron chi connectivity index (χ4n) is 1.96. The first-order valence-electron chi connectivity index (χ1n) is 6.61. The highest BCUT2D eigenvalue weighted by molar-refractivity contribution is 7.16. The fourth-order valence-corrected chi connectivity index (χ4v) is 2.75. The molecule has 2 N–H and O–H groups in total. The van der Waals surface area contributed by atoms with Gasteiger partial charge < -0.3 is 15.2 Å². The Hall–Kier alpha value is -2.34. The summed E-state index contributed by atoms with van der Waals surface area (Å²) in [5.41, 5.74) is 5.91. The molecule has 2 aromatic heterocycles. The summed E-state index contributed by atoms with van der Waals surface area (Å²) in [6.07, 6.45) is 0. The first kappa shape index (κ1) is 13.6. The molecule has 0 aliphatic rings. The number of hydrogen-bond acceptors (Lipinski definition) is 6. The Morgan fingerprint density at radius 3 is 2.76 bits per heavy atom. The number of ether oxygens (including phenoxy) is 2. The molecule has 21 heavy (non-hydrogen) atoms. The van der Waals surface area contributed by atoms with Crippen molar-refractivity contribution in [2.24, 2.45) is 0 Å². The lowest BCUT2D eigenvalue weighted by molar-refractivity contribution is 0.291. The highest BCUT2D eigenvalue weighted by atomic mass is 32.1. The van der Waals surface area contributed by atoms with Gasteiger partial charge in [-0.05, 0) is 30.5 Å². The lowest BCUT2D eigenvalue weighted by Crippen LogP contribution is -2.04. The largest absolute Gasteiger partial charge is 0.494 e. The van der Waals surface area contributed by atoms with Crippen molar-refractivity contribution in [3.8, 4) is 11.5 Å². The van der Waals surface area contributed by atoms with Crippen LogP contribution in [-0.2, 0) is 6.61 Å². The van der Waals surface area contributed by atoms with Crippen molar-refractivity contribution in [3.05, 3.63) is 41.5 Å². The first-order valence-corrected chi connectivity index (χ1v) is 7.49. The van der Waals surface area contributed by atoms with E-state index in [1.165, 1.54) is 11.3 Å². The standard InChI is InChI=1S/C15H15N3O2S/c1-2-19-10-4-3-5-11(8-10)20-9-13-17-14(16)12-6-7-21-15(12)18-13/h3-8H,2,9H2,1H3,(H2,16,17,18). The van der Waals surface area contributed by atoms with Crippen LogP contribution in [0.15, 0.2) is 35.7 Å². The van der Waals surface area contributed by atoms with Gasteiger partial charge in [-0.15, -0.1) is 11.3 Å². The number of rotatable bonds is 5. The smallest absolute Gasteiger partial charge is 0.169 e. The molecule has 0 aliphatic heterocycles. The van der Waals surface area contributed by atoms with Gasteiger partial charge in [-0.3, -0.25) is 0 Å². The molecule has 108 valence electrons. The third-order valence-corrected chi connectivity index (χ3v) is 3.69. The zero-order chi connectivity index (χ0) is 14.7. The molecule has 0 radical (unpaired) electrons. The van der Waals surface area contributed by atoms with Gasteiger partial charge in [0, 0.05) is 6.07 Å². The Labute approximate surface area is 126 Å². The van der Waals surface area contributed by atoms with Gasteiger partial charge in [-0.2, -0.15) is 0 Å². The van der Waals surface area contributed by atoms with Crippen LogP contribution < -0.4 is 15.2 Å². The summed E-state index contributed by atoms with van der Waals surface area (Å²) < 4.78 is 11.1. The molecule has 0 bridgehead atoms. The predicted octanol–water partition coefficient (Wildman–Crippen LogP) is 3.25. The Balaban J connectivity index is 1.75. The van der Waals surface area contributed by atoms with Crippen LogP contribution in [0.5, 0.6) is 11.5 Å². The number of nitrogens with zero attached hydrogens (tertiary/aromatic N) is 2. The van der Waals surface area contributed by atoms with E-state index < -0.39 is 0 Å². The number of aromatic nitrogens is 2. The zero-order valence-electron chi connectivity index (χ0n) is 11.6. The number of hydrogen-bond donors (Lipinski definition) is 1. The van der Waals surface area contributed by atoms with E-state index >= 15 is 0 Å². The van der Waals surface area contributed by atoms with Crippen LogP contribution in [0.4, 0.5) is 5.82 Å². The minimum absolute atomic E-state index is 0.271. The monoisotopic (exact) mass is 301 g/mol. The molecule has 0 atom stereocenters. The predicted molar refractivity (Wildman–Crippen MR) is 83.8 cm³/mol. The van der Waals surface area contributed by atoms with Crippen LogP contribution in [0, 0.1) is 0 Å². The first-order chi connectivity index (χ1) is 10.3. The topological polar surface area (TPSA) is 70.3 Å². The number of benzene rings is 1. The molecule has 0 saturated heterocycles. The van der Waals surface area contributed by atoms with Crippen molar-refractivity contribution >= 4 is 27.4 Å². The maximum atomic E-state index is 5.91. The number of fused-ring (bicyclic) bond motifs is 1. The van der Waals surface area contributed by atoms with Crippen molar-refractivity contribution in [2.45, 2.75) is 13.5 Å². The van der Waals surface area contributed by atoms with Gasteiger partial charge in [0.05, 0.1) is 12.0 Å². The summed E-state index contributed by atoms with van der Waals surface area (Å²) in [5, 5.41) is 2.84. The summed E-state index contributed by atoms with van der Waals surface area (Å²) in [4.78, 5) is 9.58. The Morgan fingerprint density at radius 2 is 1.95 bits per heavy atom. The van der Waals surface area contributed by atoms with Gasteiger partial charge in [-0.25, -0.2) is 9.97 Å². The molecule has 5 nitrogen and oxygen atoms in total. The molecule has 0 unspecified atom stereocenters. The molecule has 0 fully saturated rings. The van der Waals surface area contributed by atoms with Gasteiger partial charge in [0.15, 0.2) is 5.82 Å². The minimum Gasteiger partial charge on any atom is -0.494 e. The van der Waals surface area contributed by atoms with E-state index in [1.54, 1.807) is 0 Å². The molecule has 1 aromatic carbocycles. The van der Waals surface area contributed by atoms with Gasteiger partial charge in [0.25, 0.3) is 0 Å². The van der Waals surface area contributed by atoms with Crippen LogP contribution >= 0.6 is 11.3 Å². The molecular formula is C15H15N3O2S. The van der Waals surface area contributed by atoms with Crippen LogP contribution in [0.3, 0.4) is 0 Å². The minimum atomic E-state index is 0.271. The molecule has 6 heteroatoms. The summed E-state index contributed by atoms with van der Waals surface area (Å²) in [6, 6.07) is 9.41. The zero-order valence-corrected chi connectivity index (χ0v) is 12.4. The van der Waals surface area contributed by atoms with Crippen LogP contribution in [-0.4, -0.2) is 16.6 Å². The lowest BCUT2D eigenvalue weighted by Gasteiger charge is -2.08. The number of nitrogen functional groups attached to an aromatic ring is 1. The van der Waals surface area contributed by atoms with Crippen LogP contribution in [0.1, 0.15) is 12.7 Å². The molecule has 3 aromatic rings. The second-order valence-corrected chi connectivity index (χ2v) is 5.26. The fraction of sp³-hybridized carbons (Fsp3) is 0.200. The van der Waals surface area contributed by atoms with E-state index in [0.717, 1.165) is 21.7 Å². The highest BCUT2D eigenvalue weighted by Crippen LogP contribution is 2.24. The second kappa shape index (κ2) is 5.97. The molecule has 3 rings (SSSR count). The van der Waals surface area contributed by atoms with Crippen molar-refractivity contribution in [3.63, 3.8) is 0 Å². The van der Waals surface area contributed by atoms with E-state index in [-0.39, 0.29) is 6.61 Å². The van der Waals surface area contributed by atoms with Crippen LogP contribution in [0.25, 0.3) is 10.2 Å². The normalized spacial score (nSPS) is 10.7.